The number of benzene rings is 2. The largest absolute Gasteiger partial charge is 0.861 e. The highest BCUT2D eigenvalue weighted by molar-refractivity contribution is 7.90. The topological polar surface area (TPSA) is 116 Å². The van der Waals surface area contributed by atoms with Gasteiger partial charge in [0.05, 0.1) is 10.5 Å². The van der Waals surface area contributed by atoms with E-state index in [1.165, 1.54) is 19.1 Å². The number of nitrogens with zero attached hydrogens (tertiary/aromatic N) is 2. The van der Waals surface area contributed by atoms with E-state index >= 15 is 0 Å². The Morgan fingerprint density at radius 1 is 1.11 bits per heavy atom. The first-order valence-corrected chi connectivity index (χ1v) is 9.66. The molecule has 0 atom stereocenters. The standard InChI is InChI=1S/C19H18N2O5S/c1-2-17(23)21-27(24,25)15-10-8-13(9-11-15)18-16(12-22)26-20-19(18)14-6-4-3-5-7-14/h3-11,22H,2,12H2,1H3,(H,21,23)/p-1. The number of aliphatic hydroxyl groups excluding tert-OH is 1. The lowest BCUT2D eigenvalue weighted by Gasteiger charge is -2.08. The summed E-state index contributed by atoms with van der Waals surface area (Å²) in [5, 5.41) is 25.0. The number of hydrogen-bond acceptors (Lipinski definition) is 6. The molecule has 0 unspecified atom stereocenters. The molecule has 0 radical (unpaired) electrons. The van der Waals surface area contributed by atoms with Gasteiger partial charge in [0.1, 0.15) is 12.3 Å². The summed E-state index contributed by atoms with van der Waals surface area (Å²) in [4.78, 5) is -0.0867. The van der Waals surface area contributed by atoms with Crippen LogP contribution < -0.4 is 5.11 Å². The summed E-state index contributed by atoms with van der Waals surface area (Å²) in [6.07, 6.45) is 0.0122. The molecule has 3 aromatic rings. The van der Waals surface area contributed by atoms with Gasteiger partial charge in [-0.25, -0.2) is 0 Å². The zero-order chi connectivity index (χ0) is 19.4. The molecule has 1 heterocycles. The zero-order valence-corrected chi connectivity index (χ0v) is 15.3. The van der Waals surface area contributed by atoms with Crippen molar-refractivity contribution >= 4 is 15.9 Å². The van der Waals surface area contributed by atoms with Crippen molar-refractivity contribution in [3.63, 3.8) is 0 Å². The van der Waals surface area contributed by atoms with Gasteiger partial charge in [-0.05, 0) is 30.0 Å². The average Bonchev–Trinajstić information content (AvgIpc) is 3.12. The Balaban J connectivity index is 2.05. The molecule has 0 fully saturated rings. The van der Waals surface area contributed by atoms with Crippen molar-refractivity contribution in [1.29, 1.82) is 0 Å². The van der Waals surface area contributed by atoms with E-state index in [1.54, 1.807) is 12.1 Å². The van der Waals surface area contributed by atoms with Gasteiger partial charge in [-0.3, -0.25) is 0 Å². The normalized spacial score (nSPS) is 12.3. The minimum absolute atomic E-state index is 0.0122. The van der Waals surface area contributed by atoms with Gasteiger partial charge in [-0.2, -0.15) is 12.8 Å². The Morgan fingerprint density at radius 2 is 1.78 bits per heavy atom. The van der Waals surface area contributed by atoms with Crippen LogP contribution in [-0.4, -0.2) is 24.6 Å². The first-order chi connectivity index (χ1) is 13.0. The van der Waals surface area contributed by atoms with Crippen LogP contribution in [0.4, 0.5) is 0 Å². The number of aliphatic hydroxyl groups is 1. The summed E-state index contributed by atoms with van der Waals surface area (Å²) in [6, 6.07) is 15.2. The SMILES string of the molecule is CC/C([O-])=N/S(=O)(=O)c1ccc(-c2c(-c3ccccc3)noc2CO)cc1. The molecule has 2 aromatic carbocycles. The molecule has 140 valence electrons. The van der Waals surface area contributed by atoms with Crippen LogP contribution >= 0.6 is 0 Å². The fourth-order valence-electron chi connectivity index (χ4n) is 2.57. The van der Waals surface area contributed by atoms with E-state index in [2.05, 4.69) is 9.55 Å². The van der Waals surface area contributed by atoms with Crippen LogP contribution in [0, 0.1) is 0 Å². The highest BCUT2D eigenvalue weighted by Crippen LogP contribution is 2.35. The molecule has 1 N–H and O–H groups in total. The fourth-order valence-corrected chi connectivity index (χ4v) is 3.55. The van der Waals surface area contributed by atoms with Gasteiger partial charge in [0.2, 0.25) is 0 Å². The molecular weight excluding hydrogens is 368 g/mol. The van der Waals surface area contributed by atoms with Crippen molar-refractivity contribution in [3.05, 3.63) is 60.4 Å². The molecule has 0 bridgehead atoms. The molecule has 27 heavy (non-hydrogen) atoms. The van der Waals surface area contributed by atoms with Crippen LogP contribution in [-0.2, 0) is 16.6 Å². The minimum Gasteiger partial charge on any atom is -0.861 e. The Hall–Kier alpha value is -2.97. The van der Waals surface area contributed by atoms with E-state index in [1.807, 2.05) is 30.3 Å². The van der Waals surface area contributed by atoms with Crippen LogP contribution in [0.25, 0.3) is 22.4 Å². The minimum atomic E-state index is -4.05. The molecule has 8 heteroatoms. The molecule has 0 spiro atoms. The molecule has 7 nitrogen and oxygen atoms in total. The van der Waals surface area contributed by atoms with Gasteiger partial charge in [0.25, 0.3) is 10.0 Å². The smallest absolute Gasteiger partial charge is 0.281 e. The maximum absolute atomic E-state index is 12.2. The first-order valence-electron chi connectivity index (χ1n) is 8.22. The Bertz CT molecular complexity index is 1060. The molecule has 0 aliphatic carbocycles. The average molecular weight is 385 g/mol. The number of sulfonamides is 1. The van der Waals surface area contributed by atoms with Crippen LogP contribution in [0.5, 0.6) is 0 Å². The summed E-state index contributed by atoms with van der Waals surface area (Å²) in [5.41, 5.74) is 2.55. The number of rotatable bonds is 6. The van der Waals surface area contributed by atoms with Gasteiger partial charge >= 0.3 is 0 Å². The molecule has 1 aromatic heterocycles. The Labute approximate surface area is 156 Å². The summed E-state index contributed by atoms with van der Waals surface area (Å²) < 4.78 is 32.8. The summed E-state index contributed by atoms with van der Waals surface area (Å²) >= 11 is 0. The lowest BCUT2D eigenvalue weighted by Crippen LogP contribution is -2.18. The third-order valence-corrected chi connectivity index (χ3v) is 5.23. The first kappa shape index (κ1) is 18.8. The Kier molecular flexibility index (Phi) is 5.38. The third kappa shape index (κ3) is 3.91. The summed E-state index contributed by atoms with van der Waals surface area (Å²) in [7, 11) is -4.05. The van der Waals surface area contributed by atoms with Crippen LogP contribution in [0.3, 0.4) is 0 Å². The maximum Gasteiger partial charge on any atom is 0.281 e. The predicted molar refractivity (Wildman–Crippen MR) is 98.2 cm³/mol. The molecule has 0 amide bonds. The van der Waals surface area contributed by atoms with Gasteiger partial charge < -0.3 is 14.7 Å². The third-order valence-electron chi connectivity index (χ3n) is 3.92. The number of hydrogen-bond donors (Lipinski definition) is 1. The zero-order valence-electron chi connectivity index (χ0n) is 14.5. The van der Waals surface area contributed by atoms with E-state index < -0.39 is 15.9 Å². The summed E-state index contributed by atoms with van der Waals surface area (Å²) in [5.74, 6) is -0.428. The van der Waals surface area contributed by atoms with Crippen LogP contribution in [0.15, 0.2) is 68.4 Å². The van der Waals surface area contributed by atoms with Gasteiger partial charge in [0, 0.05) is 5.56 Å². The van der Waals surface area contributed by atoms with Crippen molar-refractivity contribution < 1.29 is 23.2 Å². The Morgan fingerprint density at radius 3 is 2.37 bits per heavy atom. The second kappa shape index (κ2) is 7.73. The maximum atomic E-state index is 12.2. The monoisotopic (exact) mass is 385 g/mol. The predicted octanol–water partition coefficient (Wildman–Crippen LogP) is 2.36. The van der Waals surface area contributed by atoms with E-state index in [9.17, 15) is 18.6 Å². The van der Waals surface area contributed by atoms with Crippen LogP contribution in [0.1, 0.15) is 19.1 Å². The van der Waals surface area contributed by atoms with E-state index in [0.29, 0.717) is 16.8 Å². The van der Waals surface area contributed by atoms with Gasteiger partial charge in [-0.15, -0.1) is 0 Å². The van der Waals surface area contributed by atoms with Crippen molar-refractivity contribution in [2.24, 2.45) is 4.40 Å². The molecule has 0 saturated heterocycles. The second-order valence-electron chi connectivity index (χ2n) is 5.69. The van der Waals surface area contributed by atoms with E-state index in [-0.39, 0.29) is 23.7 Å². The van der Waals surface area contributed by atoms with Crippen molar-refractivity contribution in [1.82, 2.24) is 5.16 Å². The van der Waals surface area contributed by atoms with Crippen LogP contribution in [0.2, 0.25) is 0 Å². The lowest BCUT2D eigenvalue weighted by atomic mass is 9.99. The van der Waals surface area contributed by atoms with Crippen molar-refractivity contribution in [2.75, 3.05) is 0 Å². The van der Waals surface area contributed by atoms with E-state index in [4.69, 9.17) is 4.52 Å². The molecular formula is C19H17N2O5S-. The highest BCUT2D eigenvalue weighted by Gasteiger charge is 2.20. The van der Waals surface area contributed by atoms with Crippen molar-refractivity contribution in [2.45, 2.75) is 24.8 Å². The highest BCUT2D eigenvalue weighted by atomic mass is 32.2. The second-order valence-corrected chi connectivity index (χ2v) is 7.30. The van der Waals surface area contributed by atoms with Gasteiger partial charge in [-0.1, -0.05) is 54.5 Å². The quantitative estimate of drug-likeness (QED) is 0.514. The van der Waals surface area contributed by atoms with E-state index in [0.717, 1.165) is 5.56 Å². The summed E-state index contributed by atoms with van der Waals surface area (Å²) in [6.45, 7) is 1.19. The number of aromatic nitrogens is 1. The van der Waals surface area contributed by atoms with Gasteiger partial charge in [0.15, 0.2) is 5.76 Å². The van der Waals surface area contributed by atoms with Crippen molar-refractivity contribution in [3.8, 4) is 22.4 Å². The molecule has 0 aliphatic heterocycles. The fraction of sp³-hybridized carbons (Fsp3) is 0.158. The molecule has 0 saturated carbocycles. The molecule has 3 rings (SSSR count). The lowest BCUT2D eigenvalue weighted by molar-refractivity contribution is -0.217. The molecule has 0 aliphatic rings.